The normalized spacial score (nSPS) is 12.6. The Labute approximate surface area is 206 Å². The largest absolute Gasteiger partial charge is 0.387 e. The van der Waals surface area contributed by atoms with E-state index in [1.54, 1.807) is 0 Å². The van der Waals surface area contributed by atoms with Crippen LogP contribution in [0.5, 0.6) is 5.88 Å². The fourth-order valence-electron chi connectivity index (χ4n) is 3.96. The summed E-state index contributed by atoms with van der Waals surface area (Å²) in [4.78, 5) is 9.44. The van der Waals surface area contributed by atoms with Gasteiger partial charge < -0.3 is 4.18 Å². The molecule has 5 rings (SSSR count). The summed E-state index contributed by atoms with van der Waals surface area (Å²) in [5.41, 5.74) is 7.56. The molecule has 0 saturated heterocycles. The van der Waals surface area contributed by atoms with Crippen molar-refractivity contribution >= 4 is 15.7 Å². The molecule has 0 spiro atoms. The predicted octanol–water partition coefficient (Wildman–Crippen LogP) is 6.78. The van der Waals surface area contributed by atoms with Gasteiger partial charge in [0.15, 0.2) is 0 Å². The minimum absolute atomic E-state index is 0.176. The second kappa shape index (κ2) is 9.57. The van der Waals surface area contributed by atoms with E-state index in [2.05, 4.69) is 54.4 Å². The minimum Gasteiger partial charge on any atom is -0.387 e. The molecule has 1 atom stereocenters. The van der Waals surface area contributed by atoms with Gasteiger partial charge in [-0.2, -0.15) is 0 Å². The average Bonchev–Trinajstić information content (AvgIpc) is 2.89. The molecule has 4 aromatic carbocycles. The van der Waals surface area contributed by atoms with Gasteiger partial charge in [0.25, 0.3) is 0 Å². The van der Waals surface area contributed by atoms with Crippen molar-refractivity contribution in [2.45, 2.75) is 0 Å². The molecule has 0 aliphatic heterocycles. The van der Waals surface area contributed by atoms with Gasteiger partial charge in [-0.1, -0.05) is 97.1 Å². The summed E-state index contributed by atoms with van der Waals surface area (Å²) >= 11 is 0. The molecule has 5 aromatic rings. The van der Waals surface area contributed by atoms with Crippen molar-refractivity contribution in [3.8, 4) is 50.6 Å². The molecule has 1 aromatic heterocycles. The fourth-order valence-corrected chi connectivity index (χ4v) is 4.40. The maximum atomic E-state index is 12.2. The van der Waals surface area contributed by atoms with Crippen LogP contribution in [-0.2, 0) is 9.80 Å². The van der Waals surface area contributed by atoms with Crippen LogP contribution < -0.4 is 4.18 Å². The summed E-state index contributed by atoms with van der Waals surface area (Å²) in [6.45, 7) is 0. The number of rotatable bonds is 6. The van der Waals surface area contributed by atoms with Crippen LogP contribution >= 0.6 is 0 Å². The summed E-state index contributed by atoms with van der Waals surface area (Å²) in [5.74, 6) is 3.76. The zero-order valence-corrected chi connectivity index (χ0v) is 20.1. The van der Waals surface area contributed by atoms with Gasteiger partial charge >= 0.3 is 0 Å². The van der Waals surface area contributed by atoms with E-state index in [1.165, 1.54) is 12.5 Å². The maximum Gasteiger partial charge on any atom is 0.249 e. The Morgan fingerprint density at radius 3 is 1.60 bits per heavy atom. The molecule has 0 aliphatic carbocycles. The van der Waals surface area contributed by atoms with Crippen molar-refractivity contribution in [3.63, 3.8) is 0 Å². The summed E-state index contributed by atoms with van der Waals surface area (Å²) in [6, 6.07) is 36.8. The third-order valence-electron chi connectivity index (χ3n) is 5.50. The van der Waals surface area contributed by atoms with Crippen molar-refractivity contribution in [1.82, 2.24) is 9.97 Å². The molecule has 172 valence electrons. The van der Waals surface area contributed by atoms with Gasteiger partial charge in [0.05, 0.1) is 11.9 Å². The van der Waals surface area contributed by atoms with Crippen molar-refractivity contribution in [2.24, 2.45) is 0 Å². The van der Waals surface area contributed by atoms with Crippen LogP contribution in [0.25, 0.3) is 44.8 Å². The van der Waals surface area contributed by atoms with Gasteiger partial charge in [0, 0.05) is 17.4 Å². The smallest absolute Gasteiger partial charge is 0.249 e. The second-order valence-electron chi connectivity index (χ2n) is 8.31. The highest BCUT2D eigenvalue weighted by atomic mass is 32.2. The van der Waals surface area contributed by atoms with Crippen LogP contribution in [0.1, 0.15) is 0 Å². The van der Waals surface area contributed by atoms with E-state index in [9.17, 15) is 4.21 Å². The first-order valence-corrected chi connectivity index (χ1v) is 13.2. The lowest BCUT2D eigenvalue weighted by atomic mass is 9.97. The molecule has 5 heteroatoms. The van der Waals surface area contributed by atoms with E-state index < -0.39 is 9.80 Å². The van der Waals surface area contributed by atoms with Crippen molar-refractivity contribution in [3.05, 3.63) is 115 Å². The van der Waals surface area contributed by atoms with Crippen molar-refractivity contribution < 1.29 is 8.39 Å². The van der Waals surface area contributed by atoms with E-state index in [0.29, 0.717) is 11.4 Å². The van der Waals surface area contributed by atoms with Gasteiger partial charge in [0.1, 0.15) is 15.5 Å². The third kappa shape index (κ3) is 5.31. The molecule has 0 aliphatic rings. The summed E-state index contributed by atoms with van der Waals surface area (Å²) in [7, 11) is -2.75. The Balaban J connectivity index is 1.66. The maximum absolute atomic E-state index is 12.2. The second-order valence-corrected chi connectivity index (χ2v) is 10.3. The molecule has 0 bridgehead atoms. The molecule has 4 nitrogen and oxygen atoms in total. The van der Waals surface area contributed by atoms with Crippen LogP contribution in [0.2, 0.25) is 0 Å². The standard InChI is InChI=1S/C30H24N2O2S/c1-35(2,33)34-28-21-31-29(26-17-9-15-24(19-26)22-11-5-3-6-12-22)30(32-28)27-18-10-16-25(20-27)23-13-7-4-8-14-23/h3-21H,1H2,2H3. The predicted molar refractivity (Wildman–Crippen MR) is 146 cm³/mol. The van der Waals surface area contributed by atoms with E-state index in [4.69, 9.17) is 14.2 Å². The highest BCUT2D eigenvalue weighted by Gasteiger charge is 2.15. The monoisotopic (exact) mass is 476 g/mol. The SMILES string of the molecule is C=S(C)(=O)Oc1cnc(-c2cccc(-c3ccccc3)c2)c(-c2cccc(-c3ccccc3)c2)n1. The van der Waals surface area contributed by atoms with Crippen LogP contribution in [0.4, 0.5) is 0 Å². The fraction of sp³-hybridized carbons (Fsp3) is 0.0333. The molecule has 0 radical (unpaired) electrons. The minimum atomic E-state index is -2.75. The quantitative estimate of drug-likeness (QED) is 0.253. The lowest BCUT2D eigenvalue weighted by Gasteiger charge is -2.13. The first kappa shape index (κ1) is 22.6. The summed E-state index contributed by atoms with van der Waals surface area (Å²) in [6.07, 6.45) is 2.94. The van der Waals surface area contributed by atoms with E-state index in [0.717, 1.165) is 33.4 Å². The van der Waals surface area contributed by atoms with E-state index >= 15 is 0 Å². The van der Waals surface area contributed by atoms with Gasteiger partial charge in [-0.05, 0) is 40.3 Å². The topological polar surface area (TPSA) is 52.1 Å². The number of hydrogen-bond acceptors (Lipinski definition) is 4. The Kier molecular flexibility index (Phi) is 6.17. The number of benzene rings is 4. The van der Waals surface area contributed by atoms with Gasteiger partial charge in [-0.3, -0.25) is 0 Å². The highest BCUT2D eigenvalue weighted by Crippen LogP contribution is 2.34. The third-order valence-corrected chi connectivity index (χ3v) is 6.02. The molecule has 35 heavy (non-hydrogen) atoms. The van der Waals surface area contributed by atoms with E-state index in [-0.39, 0.29) is 5.88 Å². The number of nitrogens with zero attached hydrogens (tertiary/aromatic N) is 2. The molecular weight excluding hydrogens is 452 g/mol. The Hall–Kier alpha value is -4.22. The molecular formula is C30H24N2O2S. The molecule has 0 fully saturated rings. The number of hydrogen-bond donors (Lipinski definition) is 0. The zero-order valence-electron chi connectivity index (χ0n) is 19.3. The lowest BCUT2D eigenvalue weighted by Crippen LogP contribution is -2.08. The highest BCUT2D eigenvalue weighted by molar-refractivity contribution is 7.95. The molecule has 0 saturated carbocycles. The Morgan fingerprint density at radius 2 is 1.09 bits per heavy atom. The molecule has 1 heterocycles. The van der Waals surface area contributed by atoms with Gasteiger partial charge in [-0.25, -0.2) is 14.2 Å². The first-order chi connectivity index (χ1) is 17.0. The zero-order chi connectivity index (χ0) is 24.3. The van der Waals surface area contributed by atoms with E-state index in [1.807, 2.05) is 60.7 Å². The van der Waals surface area contributed by atoms with Crippen LogP contribution in [0.15, 0.2) is 115 Å². The molecule has 1 unspecified atom stereocenters. The van der Waals surface area contributed by atoms with Crippen molar-refractivity contribution in [1.29, 1.82) is 0 Å². The first-order valence-electron chi connectivity index (χ1n) is 11.2. The molecule has 0 N–H and O–H groups in total. The number of aromatic nitrogens is 2. The van der Waals surface area contributed by atoms with Gasteiger partial charge in [-0.15, -0.1) is 0 Å². The lowest BCUT2D eigenvalue weighted by molar-refractivity contribution is 0.546. The Morgan fingerprint density at radius 1 is 0.629 bits per heavy atom. The Bertz CT molecular complexity index is 1580. The van der Waals surface area contributed by atoms with Crippen LogP contribution in [0, 0.1) is 0 Å². The van der Waals surface area contributed by atoms with Crippen molar-refractivity contribution in [2.75, 3.05) is 6.26 Å². The molecule has 0 amide bonds. The summed E-state index contributed by atoms with van der Waals surface area (Å²) in [5, 5.41) is 0. The average molecular weight is 477 g/mol. The van der Waals surface area contributed by atoms with Gasteiger partial charge in [0.2, 0.25) is 5.88 Å². The summed E-state index contributed by atoms with van der Waals surface area (Å²) < 4.78 is 17.7. The van der Waals surface area contributed by atoms with Crippen LogP contribution in [0.3, 0.4) is 0 Å². The van der Waals surface area contributed by atoms with Crippen LogP contribution in [-0.4, -0.2) is 26.3 Å².